The third kappa shape index (κ3) is 3.08. The molecule has 0 N–H and O–H groups in total. The molecule has 3 fully saturated rings. The Hall–Kier alpha value is -2.38. The molecule has 1 unspecified atom stereocenters. The Labute approximate surface area is 169 Å². The molecule has 0 amide bonds. The van der Waals surface area contributed by atoms with Gasteiger partial charge in [0.15, 0.2) is 0 Å². The molecule has 3 saturated heterocycles. The minimum Gasteiger partial charge on any atom is -0.302 e. The van der Waals surface area contributed by atoms with Gasteiger partial charge in [0, 0.05) is 12.0 Å². The summed E-state index contributed by atoms with van der Waals surface area (Å²) in [6.07, 6.45) is 2.72. The van der Waals surface area contributed by atoms with E-state index in [0.29, 0.717) is 5.41 Å². The first-order valence-corrected chi connectivity index (χ1v) is 10.6. The van der Waals surface area contributed by atoms with Crippen LogP contribution in [-0.4, -0.2) is 24.5 Å². The number of fused-ring (bicyclic) bond motifs is 3. The molecule has 0 spiro atoms. The second-order valence-electron chi connectivity index (χ2n) is 8.99. The first-order valence-electron chi connectivity index (χ1n) is 10.6. The van der Waals surface area contributed by atoms with Crippen LogP contribution < -0.4 is 0 Å². The van der Waals surface area contributed by atoms with E-state index in [1.165, 1.54) is 65.9 Å². The van der Waals surface area contributed by atoms with E-state index < -0.39 is 0 Å². The average Bonchev–Trinajstić information content (AvgIpc) is 2.75. The SMILES string of the molecule is Cc1ccc(-c2ccc(-c3ccc(C4(C)CN5CCC4CC5)cc3)cc2)cc1. The van der Waals surface area contributed by atoms with E-state index in [9.17, 15) is 0 Å². The van der Waals surface area contributed by atoms with Crippen LogP contribution in [0.15, 0.2) is 72.8 Å². The maximum absolute atomic E-state index is 2.65. The van der Waals surface area contributed by atoms with Gasteiger partial charge in [0.2, 0.25) is 0 Å². The Balaban J connectivity index is 1.38. The van der Waals surface area contributed by atoms with Crippen LogP contribution in [0.4, 0.5) is 0 Å². The van der Waals surface area contributed by atoms with Gasteiger partial charge in [0.05, 0.1) is 0 Å². The molecule has 6 rings (SSSR count). The highest BCUT2D eigenvalue weighted by atomic mass is 15.2. The molecule has 3 aromatic carbocycles. The standard InChI is InChI=1S/C27H29N/c1-20-3-5-21(6-4-20)22-7-9-23(10-8-22)24-11-13-25(14-12-24)27(2)19-28-17-15-26(27)16-18-28/h3-14,26H,15-19H2,1-2H3. The summed E-state index contributed by atoms with van der Waals surface area (Å²) in [6, 6.07) is 27.1. The molecule has 0 saturated carbocycles. The Morgan fingerprint density at radius 3 is 1.54 bits per heavy atom. The topological polar surface area (TPSA) is 3.24 Å². The average molecular weight is 368 g/mol. The minimum absolute atomic E-state index is 0.324. The Morgan fingerprint density at radius 2 is 1.11 bits per heavy atom. The van der Waals surface area contributed by atoms with Gasteiger partial charge in [-0.15, -0.1) is 0 Å². The second kappa shape index (κ2) is 6.90. The van der Waals surface area contributed by atoms with Crippen LogP contribution in [0.5, 0.6) is 0 Å². The zero-order valence-electron chi connectivity index (χ0n) is 17.0. The Bertz CT molecular complexity index is 945. The Morgan fingerprint density at radius 1 is 0.679 bits per heavy atom. The highest BCUT2D eigenvalue weighted by molar-refractivity contribution is 5.70. The molecule has 3 aliphatic heterocycles. The monoisotopic (exact) mass is 367 g/mol. The molecule has 1 heteroatoms. The highest BCUT2D eigenvalue weighted by Crippen LogP contribution is 2.44. The Kier molecular flexibility index (Phi) is 4.36. The second-order valence-corrected chi connectivity index (χ2v) is 8.99. The quantitative estimate of drug-likeness (QED) is 0.524. The summed E-state index contributed by atoms with van der Waals surface area (Å²) in [5, 5.41) is 0. The molecule has 1 nitrogen and oxygen atoms in total. The number of rotatable bonds is 3. The summed E-state index contributed by atoms with van der Waals surface area (Å²) in [4.78, 5) is 2.65. The molecule has 3 aromatic rings. The maximum atomic E-state index is 2.65. The summed E-state index contributed by atoms with van der Waals surface area (Å²) >= 11 is 0. The van der Waals surface area contributed by atoms with Crippen LogP contribution in [0.2, 0.25) is 0 Å². The predicted octanol–water partition coefficient (Wildman–Crippen LogP) is 6.31. The largest absolute Gasteiger partial charge is 0.302 e. The number of benzene rings is 3. The lowest BCUT2D eigenvalue weighted by Crippen LogP contribution is -2.55. The van der Waals surface area contributed by atoms with E-state index >= 15 is 0 Å². The van der Waals surface area contributed by atoms with Crippen LogP contribution in [0.1, 0.15) is 30.9 Å². The van der Waals surface area contributed by atoms with Crippen molar-refractivity contribution in [1.82, 2.24) is 4.90 Å². The van der Waals surface area contributed by atoms with E-state index in [1.54, 1.807) is 0 Å². The number of nitrogens with zero attached hydrogens (tertiary/aromatic N) is 1. The van der Waals surface area contributed by atoms with Gasteiger partial charge in [-0.05, 0) is 66.6 Å². The summed E-state index contributed by atoms with van der Waals surface area (Å²) in [7, 11) is 0. The normalized spacial score (nSPS) is 26.4. The van der Waals surface area contributed by atoms with Crippen molar-refractivity contribution in [2.75, 3.05) is 19.6 Å². The van der Waals surface area contributed by atoms with Crippen LogP contribution in [0, 0.1) is 12.8 Å². The molecular weight excluding hydrogens is 338 g/mol. The molecular formula is C27H29N. The maximum Gasteiger partial charge on any atom is 0.00812 e. The van der Waals surface area contributed by atoms with Gasteiger partial charge < -0.3 is 4.90 Å². The van der Waals surface area contributed by atoms with Crippen LogP contribution in [0.25, 0.3) is 22.3 Å². The van der Waals surface area contributed by atoms with Gasteiger partial charge in [-0.2, -0.15) is 0 Å². The zero-order valence-corrected chi connectivity index (χ0v) is 17.0. The van der Waals surface area contributed by atoms with Gasteiger partial charge in [-0.25, -0.2) is 0 Å². The van der Waals surface area contributed by atoms with Gasteiger partial charge in [-0.1, -0.05) is 85.3 Å². The summed E-state index contributed by atoms with van der Waals surface area (Å²) < 4.78 is 0. The summed E-state index contributed by atoms with van der Waals surface area (Å²) in [5.74, 6) is 0.845. The minimum atomic E-state index is 0.324. The first-order chi connectivity index (χ1) is 13.6. The molecule has 3 aliphatic rings. The lowest BCUT2D eigenvalue weighted by Gasteiger charge is -2.52. The van der Waals surface area contributed by atoms with Crippen molar-refractivity contribution < 1.29 is 0 Å². The van der Waals surface area contributed by atoms with Crippen molar-refractivity contribution in [3.63, 3.8) is 0 Å². The third-order valence-electron chi connectivity index (χ3n) is 7.19. The van der Waals surface area contributed by atoms with Crippen LogP contribution in [0.3, 0.4) is 0 Å². The van der Waals surface area contributed by atoms with E-state index in [0.717, 1.165) is 5.92 Å². The molecule has 28 heavy (non-hydrogen) atoms. The third-order valence-corrected chi connectivity index (χ3v) is 7.19. The summed E-state index contributed by atoms with van der Waals surface area (Å²) in [6.45, 7) is 8.43. The predicted molar refractivity (Wildman–Crippen MR) is 119 cm³/mol. The smallest absolute Gasteiger partial charge is 0.00812 e. The molecule has 0 radical (unpaired) electrons. The zero-order chi connectivity index (χ0) is 19.1. The fourth-order valence-electron chi connectivity index (χ4n) is 5.29. The van der Waals surface area contributed by atoms with Crippen LogP contribution in [-0.2, 0) is 5.41 Å². The van der Waals surface area contributed by atoms with Crippen molar-refractivity contribution in [3.05, 3.63) is 83.9 Å². The van der Waals surface area contributed by atoms with Crippen molar-refractivity contribution >= 4 is 0 Å². The first kappa shape index (κ1) is 17.7. The van der Waals surface area contributed by atoms with E-state index in [4.69, 9.17) is 0 Å². The van der Waals surface area contributed by atoms with E-state index in [1.807, 2.05) is 0 Å². The van der Waals surface area contributed by atoms with Crippen molar-refractivity contribution in [2.45, 2.75) is 32.1 Å². The van der Waals surface area contributed by atoms with Gasteiger partial charge >= 0.3 is 0 Å². The van der Waals surface area contributed by atoms with E-state index in [2.05, 4.69) is 91.5 Å². The van der Waals surface area contributed by atoms with Crippen molar-refractivity contribution in [2.24, 2.45) is 5.92 Å². The molecule has 0 aliphatic carbocycles. The van der Waals surface area contributed by atoms with Gasteiger partial charge in [0.25, 0.3) is 0 Å². The number of piperidine rings is 3. The van der Waals surface area contributed by atoms with Crippen molar-refractivity contribution in [1.29, 1.82) is 0 Å². The molecule has 142 valence electrons. The molecule has 1 atom stereocenters. The lowest BCUT2D eigenvalue weighted by atomic mass is 9.64. The molecule has 2 bridgehead atoms. The molecule has 3 heterocycles. The lowest BCUT2D eigenvalue weighted by molar-refractivity contribution is 0.0336. The van der Waals surface area contributed by atoms with Crippen molar-refractivity contribution in [3.8, 4) is 22.3 Å². The number of hydrogen-bond acceptors (Lipinski definition) is 1. The van der Waals surface area contributed by atoms with Gasteiger partial charge in [-0.3, -0.25) is 0 Å². The number of hydrogen-bond donors (Lipinski definition) is 0. The fourth-order valence-corrected chi connectivity index (χ4v) is 5.29. The molecule has 0 aromatic heterocycles. The summed E-state index contributed by atoms with van der Waals surface area (Å²) in [5.41, 5.74) is 8.30. The van der Waals surface area contributed by atoms with Crippen LogP contribution >= 0.6 is 0 Å². The highest BCUT2D eigenvalue weighted by Gasteiger charge is 2.44. The van der Waals surface area contributed by atoms with Gasteiger partial charge in [0.1, 0.15) is 0 Å². The fraction of sp³-hybridized carbons (Fsp3) is 0.333. The number of aryl methyl sites for hydroxylation is 1. The van der Waals surface area contributed by atoms with E-state index in [-0.39, 0.29) is 0 Å².